The Labute approximate surface area is 298 Å². The van der Waals surface area contributed by atoms with Crippen molar-refractivity contribution in [2.24, 2.45) is 0 Å². The summed E-state index contributed by atoms with van der Waals surface area (Å²) in [5.74, 6) is 0.915. The molecule has 0 fully saturated rings. The summed E-state index contributed by atoms with van der Waals surface area (Å²) >= 11 is 0. The lowest BCUT2D eigenvalue weighted by Gasteiger charge is -2.11. The van der Waals surface area contributed by atoms with Crippen LogP contribution in [0.2, 0.25) is 0 Å². The molecule has 4 aromatic heterocycles. The lowest BCUT2D eigenvalue weighted by atomic mass is 10.00. The molecule has 0 amide bonds. The fraction of sp³-hybridized carbons (Fsp3) is 0. The third-order valence-electron chi connectivity index (χ3n) is 11.1. The first kappa shape index (κ1) is 27.7. The molecule has 0 N–H and O–H groups in total. The topological polar surface area (TPSA) is 35.6 Å². The monoisotopic (exact) mass is 660 g/mol. The number of para-hydroxylation sites is 2. The van der Waals surface area contributed by atoms with Crippen LogP contribution in [0.4, 0.5) is 0 Å². The molecule has 1 aliphatic rings. The average molecular weight is 661 g/mol. The summed E-state index contributed by atoms with van der Waals surface area (Å²) in [6, 6.07) is 57.4. The summed E-state index contributed by atoms with van der Waals surface area (Å²) < 4.78 is 4.75. The van der Waals surface area contributed by atoms with Crippen LogP contribution in [-0.4, -0.2) is 19.1 Å². The minimum Gasteiger partial charge on any atom is -0.309 e. The van der Waals surface area contributed by atoms with Crippen LogP contribution in [0.25, 0.3) is 110 Å². The third-order valence-corrected chi connectivity index (χ3v) is 11.1. The first-order chi connectivity index (χ1) is 25.8. The second-order valence-electron chi connectivity index (χ2n) is 13.8. The summed E-state index contributed by atoms with van der Waals surface area (Å²) in [7, 11) is 0. The van der Waals surface area contributed by atoms with Gasteiger partial charge in [0.2, 0.25) is 0 Å². The summed E-state index contributed by atoms with van der Waals surface area (Å²) in [4.78, 5) is 9.84. The van der Waals surface area contributed by atoms with Crippen molar-refractivity contribution in [1.82, 2.24) is 19.1 Å². The maximum Gasteiger partial charge on any atom is 0.138 e. The number of rotatable bonds is 3. The van der Waals surface area contributed by atoms with Gasteiger partial charge in [0.1, 0.15) is 5.82 Å². The van der Waals surface area contributed by atoms with E-state index in [0.717, 1.165) is 33.8 Å². The Bertz CT molecular complexity index is 3290. The van der Waals surface area contributed by atoms with Gasteiger partial charge in [0.15, 0.2) is 0 Å². The SMILES string of the molecule is c1ccc(-n2c3ccc(-c4ccc5c(c4)c4ccccc4n5-c4cc5cccc6c5c(n4)-c4cnccc4-6)cc3c3ccc4ccccc4c32)cc1. The molecule has 0 aliphatic heterocycles. The Morgan fingerprint density at radius 1 is 0.423 bits per heavy atom. The predicted molar refractivity (Wildman–Crippen MR) is 216 cm³/mol. The molecule has 4 heteroatoms. The molecule has 0 bridgehead atoms. The van der Waals surface area contributed by atoms with Crippen molar-refractivity contribution in [1.29, 1.82) is 0 Å². The van der Waals surface area contributed by atoms with Gasteiger partial charge in [-0.2, -0.15) is 0 Å². The van der Waals surface area contributed by atoms with Crippen LogP contribution in [0.1, 0.15) is 0 Å². The number of fused-ring (bicyclic) bond motifs is 11. The Morgan fingerprint density at radius 3 is 2.00 bits per heavy atom. The Balaban J connectivity index is 1.08. The van der Waals surface area contributed by atoms with Crippen LogP contribution in [0.3, 0.4) is 0 Å². The number of hydrogen-bond donors (Lipinski definition) is 0. The minimum absolute atomic E-state index is 0.915. The van der Waals surface area contributed by atoms with Gasteiger partial charge in [0.25, 0.3) is 0 Å². The Hall–Kier alpha value is -7.04. The normalized spacial score (nSPS) is 12.2. The van der Waals surface area contributed by atoms with Gasteiger partial charge >= 0.3 is 0 Å². The van der Waals surface area contributed by atoms with E-state index in [1.54, 1.807) is 0 Å². The smallest absolute Gasteiger partial charge is 0.138 e. The standard InChI is InChI=1S/C48H28N4/c1-2-11-33(12-3-1)51-43-21-18-31(26-40(43)38-20-17-29-9-4-5-13-34(29)48(38)51)30-19-22-44-39(25-30)36-14-6-7-16-42(36)52(44)45-27-32-10-8-15-37-35-23-24-49-28-41(35)47(50-45)46(32)37/h1-28H. The van der Waals surface area contributed by atoms with Crippen LogP contribution in [0.15, 0.2) is 170 Å². The van der Waals surface area contributed by atoms with Crippen LogP contribution in [0, 0.1) is 0 Å². The maximum absolute atomic E-state index is 5.37. The van der Waals surface area contributed by atoms with Gasteiger partial charge in [0.05, 0.1) is 27.8 Å². The first-order valence-electron chi connectivity index (χ1n) is 17.7. The van der Waals surface area contributed by atoms with Crippen molar-refractivity contribution < 1.29 is 0 Å². The van der Waals surface area contributed by atoms with E-state index in [-0.39, 0.29) is 0 Å². The number of hydrogen-bond acceptors (Lipinski definition) is 2. The lowest BCUT2D eigenvalue weighted by Crippen LogP contribution is -1.99. The molecule has 0 saturated carbocycles. The zero-order valence-corrected chi connectivity index (χ0v) is 28.0. The highest BCUT2D eigenvalue weighted by Gasteiger charge is 2.25. The Morgan fingerprint density at radius 2 is 1.13 bits per heavy atom. The van der Waals surface area contributed by atoms with Crippen LogP contribution < -0.4 is 0 Å². The maximum atomic E-state index is 5.37. The van der Waals surface area contributed by atoms with Crippen molar-refractivity contribution in [2.75, 3.05) is 0 Å². The van der Waals surface area contributed by atoms with Crippen LogP contribution >= 0.6 is 0 Å². The molecule has 7 aromatic carbocycles. The molecular weight excluding hydrogens is 633 g/mol. The van der Waals surface area contributed by atoms with Gasteiger partial charge in [-0.25, -0.2) is 4.98 Å². The van der Waals surface area contributed by atoms with Gasteiger partial charge < -0.3 is 4.57 Å². The number of benzene rings is 7. The fourth-order valence-corrected chi connectivity index (χ4v) is 8.85. The van der Waals surface area contributed by atoms with Crippen molar-refractivity contribution in [2.45, 2.75) is 0 Å². The van der Waals surface area contributed by atoms with Gasteiger partial charge in [-0.15, -0.1) is 0 Å². The van der Waals surface area contributed by atoms with E-state index in [9.17, 15) is 0 Å². The quantitative estimate of drug-likeness (QED) is 0.189. The molecule has 240 valence electrons. The predicted octanol–water partition coefficient (Wildman–Crippen LogP) is 12.3. The van der Waals surface area contributed by atoms with Crippen molar-refractivity contribution in [3.8, 4) is 45.0 Å². The van der Waals surface area contributed by atoms with E-state index in [2.05, 4.69) is 172 Å². The van der Waals surface area contributed by atoms with Gasteiger partial charge in [0, 0.05) is 56.0 Å². The molecule has 0 spiro atoms. The first-order valence-corrected chi connectivity index (χ1v) is 17.7. The third kappa shape index (κ3) is 3.70. The van der Waals surface area contributed by atoms with Crippen LogP contribution in [0.5, 0.6) is 0 Å². The molecule has 0 atom stereocenters. The molecule has 0 radical (unpaired) electrons. The van der Waals surface area contributed by atoms with E-state index in [0.29, 0.717) is 0 Å². The number of nitrogens with zero attached hydrogens (tertiary/aromatic N) is 4. The van der Waals surface area contributed by atoms with E-state index in [1.165, 1.54) is 76.4 Å². The second-order valence-corrected chi connectivity index (χ2v) is 13.8. The van der Waals surface area contributed by atoms with E-state index >= 15 is 0 Å². The fourth-order valence-electron chi connectivity index (χ4n) is 8.85. The number of aromatic nitrogens is 4. The second kappa shape index (κ2) is 10.3. The van der Waals surface area contributed by atoms with E-state index < -0.39 is 0 Å². The summed E-state index contributed by atoms with van der Waals surface area (Å²) in [6.45, 7) is 0. The Kier molecular flexibility index (Phi) is 5.47. The highest BCUT2D eigenvalue weighted by Crippen LogP contribution is 2.47. The van der Waals surface area contributed by atoms with Crippen molar-refractivity contribution in [3.05, 3.63) is 170 Å². The van der Waals surface area contributed by atoms with Gasteiger partial charge in [-0.1, -0.05) is 103 Å². The molecule has 11 aromatic rings. The molecular formula is C48H28N4. The van der Waals surface area contributed by atoms with E-state index in [4.69, 9.17) is 4.98 Å². The molecule has 4 nitrogen and oxygen atoms in total. The molecule has 52 heavy (non-hydrogen) atoms. The van der Waals surface area contributed by atoms with Crippen LogP contribution in [-0.2, 0) is 0 Å². The van der Waals surface area contributed by atoms with Crippen molar-refractivity contribution >= 4 is 65.2 Å². The van der Waals surface area contributed by atoms with Gasteiger partial charge in [-0.3, -0.25) is 9.55 Å². The summed E-state index contributed by atoms with van der Waals surface area (Å²) in [5, 5.41) is 9.81. The minimum atomic E-state index is 0.915. The molecule has 4 heterocycles. The summed E-state index contributed by atoms with van der Waals surface area (Å²) in [5.41, 5.74) is 12.8. The zero-order chi connectivity index (χ0) is 33.9. The highest BCUT2D eigenvalue weighted by molar-refractivity contribution is 6.20. The highest BCUT2D eigenvalue weighted by atomic mass is 15.1. The molecule has 0 unspecified atom stereocenters. The zero-order valence-electron chi connectivity index (χ0n) is 28.0. The number of pyridine rings is 2. The largest absolute Gasteiger partial charge is 0.309 e. The lowest BCUT2D eigenvalue weighted by molar-refractivity contribution is 1.09. The average Bonchev–Trinajstić information content (AvgIpc) is 3.84. The van der Waals surface area contributed by atoms with E-state index in [1.807, 2.05) is 12.4 Å². The molecule has 1 aliphatic carbocycles. The molecule has 0 saturated heterocycles. The molecule has 12 rings (SSSR count). The summed E-state index contributed by atoms with van der Waals surface area (Å²) in [6.07, 6.45) is 3.83. The van der Waals surface area contributed by atoms with Gasteiger partial charge in [-0.05, 0) is 87.6 Å². The van der Waals surface area contributed by atoms with Crippen molar-refractivity contribution in [3.63, 3.8) is 0 Å².